The number of carbonyl (C=O) groups excluding carboxylic acids is 2. The number of methoxy groups -OCH3 is 1. The van der Waals surface area contributed by atoms with Gasteiger partial charge in [0.05, 0.1) is 23.1 Å². The first-order valence-electron chi connectivity index (χ1n) is 11.0. The fraction of sp³-hybridized carbons (Fsp3) is 0.583. The van der Waals surface area contributed by atoms with Gasteiger partial charge in [-0.25, -0.2) is 0 Å². The normalized spacial score (nSPS) is 23.3. The molecule has 1 aliphatic heterocycles. The molecule has 1 aromatic carbocycles. The summed E-state index contributed by atoms with van der Waals surface area (Å²) in [5.74, 6) is -0.876. The van der Waals surface area contributed by atoms with Crippen LogP contribution in [0.2, 0.25) is 0 Å². The lowest BCUT2D eigenvalue weighted by atomic mass is 9.78. The van der Waals surface area contributed by atoms with Crippen LogP contribution in [0.25, 0.3) is 5.57 Å². The van der Waals surface area contributed by atoms with E-state index in [1.54, 1.807) is 34.8 Å². The third kappa shape index (κ3) is 5.34. The Labute approximate surface area is 191 Å². The topological polar surface area (TPSA) is 73.9 Å². The smallest absolute Gasteiger partial charge is 0.422 e. The summed E-state index contributed by atoms with van der Waals surface area (Å²) in [7, 11) is 1.64. The number of benzene rings is 1. The van der Waals surface area contributed by atoms with E-state index in [1.165, 1.54) is 12.1 Å². The van der Waals surface area contributed by atoms with Crippen LogP contribution in [0.1, 0.15) is 56.2 Å². The van der Waals surface area contributed by atoms with Crippen LogP contribution >= 0.6 is 0 Å². The Kier molecular flexibility index (Phi) is 7.12. The van der Waals surface area contributed by atoms with Crippen LogP contribution in [0.5, 0.6) is 5.75 Å². The lowest BCUT2D eigenvalue weighted by Gasteiger charge is -2.38. The van der Waals surface area contributed by atoms with Gasteiger partial charge in [-0.15, -0.1) is 0 Å². The van der Waals surface area contributed by atoms with Gasteiger partial charge in [-0.1, -0.05) is 13.8 Å². The van der Waals surface area contributed by atoms with Gasteiger partial charge < -0.3 is 19.5 Å². The van der Waals surface area contributed by atoms with Crippen molar-refractivity contribution in [2.45, 2.75) is 71.2 Å². The first kappa shape index (κ1) is 25.1. The zero-order chi connectivity index (χ0) is 24.6. The minimum Gasteiger partial charge on any atom is -0.484 e. The predicted octanol–water partition coefficient (Wildman–Crippen LogP) is 4.61. The molecule has 2 aliphatic rings. The summed E-state index contributed by atoms with van der Waals surface area (Å²) in [5.41, 5.74) is 1.06. The third-order valence-electron chi connectivity index (χ3n) is 6.19. The zero-order valence-corrected chi connectivity index (χ0v) is 19.5. The quantitative estimate of drug-likeness (QED) is 0.616. The second-order valence-corrected chi connectivity index (χ2v) is 9.09. The van der Waals surface area contributed by atoms with E-state index in [-0.39, 0.29) is 29.1 Å². The van der Waals surface area contributed by atoms with Gasteiger partial charge in [0.25, 0.3) is 5.91 Å². The van der Waals surface area contributed by atoms with E-state index in [0.717, 1.165) is 0 Å². The van der Waals surface area contributed by atoms with E-state index in [9.17, 15) is 22.8 Å². The van der Waals surface area contributed by atoms with Crippen molar-refractivity contribution in [3.05, 3.63) is 34.6 Å². The Morgan fingerprint density at radius 3 is 2.24 bits per heavy atom. The van der Waals surface area contributed by atoms with Crippen LogP contribution in [0.15, 0.2) is 17.9 Å². The molecule has 1 aromatic rings. The molecular formula is C24H30F3NO5. The summed E-state index contributed by atoms with van der Waals surface area (Å²) in [6.45, 7) is 5.40. The molecular weight excluding hydrogens is 439 g/mol. The zero-order valence-electron chi connectivity index (χ0n) is 19.5. The number of esters is 1. The van der Waals surface area contributed by atoms with E-state index in [0.29, 0.717) is 42.4 Å². The summed E-state index contributed by atoms with van der Waals surface area (Å²) in [6.07, 6.45) is -1.92. The van der Waals surface area contributed by atoms with Crippen molar-refractivity contribution in [3.8, 4) is 5.75 Å². The highest BCUT2D eigenvalue weighted by atomic mass is 19.4. The Morgan fingerprint density at radius 1 is 1.18 bits per heavy atom. The molecule has 0 unspecified atom stereocenters. The summed E-state index contributed by atoms with van der Waals surface area (Å²) in [5, 5.41) is 3.05. The van der Waals surface area contributed by atoms with Crippen molar-refractivity contribution >= 4 is 17.4 Å². The van der Waals surface area contributed by atoms with Gasteiger partial charge in [-0.3, -0.25) is 9.59 Å². The highest BCUT2D eigenvalue weighted by Gasteiger charge is 2.50. The van der Waals surface area contributed by atoms with Gasteiger partial charge in [0.2, 0.25) is 0 Å². The molecule has 0 saturated heterocycles. The van der Waals surface area contributed by atoms with Crippen LogP contribution in [0, 0.1) is 19.8 Å². The third-order valence-corrected chi connectivity index (χ3v) is 6.19. The molecule has 0 bridgehead atoms. The monoisotopic (exact) mass is 469 g/mol. The second-order valence-electron chi connectivity index (χ2n) is 9.09. The van der Waals surface area contributed by atoms with Gasteiger partial charge in [-0.05, 0) is 68.4 Å². The standard InChI is InChI=1S/C24H30F3NO5/c1-13(2)22(30)33-20-19(21(29)28-23(20)8-6-16(31-5)7-9-23)18-14(3)10-17(11-15(18)4)32-12-24(25,26)27/h10-11,13,16H,6-9,12H2,1-5H3,(H,28,29). The number of hydrogen-bond donors (Lipinski definition) is 1. The molecule has 1 fully saturated rings. The molecule has 0 aromatic heterocycles. The Morgan fingerprint density at radius 2 is 1.76 bits per heavy atom. The largest absolute Gasteiger partial charge is 0.484 e. The molecule has 9 heteroatoms. The number of halogens is 3. The number of aryl methyl sites for hydroxylation is 2. The van der Waals surface area contributed by atoms with Gasteiger partial charge in [0.1, 0.15) is 11.5 Å². The van der Waals surface area contributed by atoms with Crippen LogP contribution in [-0.4, -0.2) is 43.4 Å². The molecule has 1 saturated carbocycles. The van der Waals surface area contributed by atoms with E-state index >= 15 is 0 Å². The minimum absolute atomic E-state index is 0.0566. The minimum atomic E-state index is -4.46. The van der Waals surface area contributed by atoms with Crippen molar-refractivity contribution in [1.82, 2.24) is 5.32 Å². The molecule has 1 amide bonds. The Hall–Kier alpha value is -2.55. The van der Waals surface area contributed by atoms with Crippen LogP contribution in [0.4, 0.5) is 13.2 Å². The number of ether oxygens (including phenoxy) is 3. The van der Waals surface area contributed by atoms with Gasteiger partial charge in [0.15, 0.2) is 6.61 Å². The average Bonchev–Trinajstić information content (AvgIpc) is 2.97. The Balaban J connectivity index is 2.07. The number of amides is 1. The Bertz CT molecular complexity index is 936. The van der Waals surface area contributed by atoms with E-state index in [4.69, 9.17) is 14.2 Å². The number of carbonyl (C=O) groups is 2. The van der Waals surface area contributed by atoms with Crippen molar-refractivity contribution in [2.24, 2.45) is 5.92 Å². The average molecular weight is 470 g/mol. The van der Waals surface area contributed by atoms with Gasteiger partial charge in [0, 0.05) is 7.11 Å². The molecule has 182 valence electrons. The number of rotatable bonds is 6. The fourth-order valence-corrected chi connectivity index (χ4v) is 4.51. The van der Waals surface area contributed by atoms with Crippen LogP contribution < -0.4 is 10.1 Å². The molecule has 0 atom stereocenters. The molecule has 1 heterocycles. The second kappa shape index (κ2) is 9.37. The number of hydrogen-bond acceptors (Lipinski definition) is 5. The molecule has 6 nitrogen and oxygen atoms in total. The van der Waals surface area contributed by atoms with E-state index < -0.39 is 30.2 Å². The highest BCUT2D eigenvalue weighted by molar-refractivity contribution is 6.24. The molecule has 33 heavy (non-hydrogen) atoms. The van der Waals surface area contributed by atoms with Crippen molar-refractivity contribution in [1.29, 1.82) is 0 Å². The summed E-state index contributed by atoms with van der Waals surface area (Å²) in [4.78, 5) is 25.8. The first-order valence-corrected chi connectivity index (χ1v) is 11.0. The lowest BCUT2D eigenvalue weighted by Crippen LogP contribution is -2.49. The summed E-state index contributed by atoms with van der Waals surface area (Å²) >= 11 is 0. The molecule has 3 rings (SSSR count). The fourth-order valence-electron chi connectivity index (χ4n) is 4.51. The van der Waals surface area contributed by atoms with Crippen molar-refractivity contribution < 1.29 is 37.0 Å². The molecule has 1 aliphatic carbocycles. The molecule has 0 radical (unpaired) electrons. The molecule has 1 N–H and O–H groups in total. The SMILES string of the molecule is COC1CCC2(CC1)NC(=O)C(c1c(C)cc(OCC(F)(F)F)cc1C)=C2OC(=O)C(C)C. The number of nitrogens with one attached hydrogen (secondary N) is 1. The summed E-state index contributed by atoms with van der Waals surface area (Å²) < 4.78 is 53.9. The summed E-state index contributed by atoms with van der Waals surface area (Å²) in [6, 6.07) is 2.92. The number of alkyl halides is 3. The van der Waals surface area contributed by atoms with Gasteiger partial charge >= 0.3 is 12.1 Å². The van der Waals surface area contributed by atoms with Crippen molar-refractivity contribution in [2.75, 3.05) is 13.7 Å². The van der Waals surface area contributed by atoms with Gasteiger partial charge in [-0.2, -0.15) is 13.2 Å². The predicted molar refractivity (Wildman–Crippen MR) is 115 cm³/mol. The first-order chi connectivity index (χ1) is 15.4. The maximum atomic E-state index is 13.2. The highest BCUT2D eigenvalue weighted by Crippen LogP contribution is 2.45. The van der Waals surface area contributed by atoms with Crippen LogP contribution in [-0.2, 0) is 19.1 Å². The lowest BCUT2D eigenvalue weighted by molar-refractivity contribution is -0.153. The van der Waals surface area contributed by atoms with E-state index in [2.05, 4.69) is 5.32 Å². The van der Waals surface area contributed by atoms with Crippen LogP contribution in [0.3, 0.4) is 0 Å². The maximum absolute atomic E-state index is 13.2. The molecule has 1 spiro atoms. The van der Waals surface area contributed by atoms with Crippen molar-refractivity contribution in [3.63, 3.8) is 0 Å². The van der Waals surface area contributed by atoms with E-state index in [1.807, 2.05) is 0 Å². The maximum Gasteiger partial charge on any atom is 0.422 e.